The summed E-state index contributed by atoms with van der Waals surface area (Å²) in [6, 6.07) is 0. The van der Waals surface area contributed by atoms with E-state index in [0.717, 1.165) is 6.42 Å². The molecule has 0 amide bonds. The fraction of sp³-hybridized carbons (Fsp3) is 0.500. The van der Waals surface area contributed by atoms with Crippen molar-refractivity contribution < 1.29 is 0 Å². The number of dihydropyridines is 1. The molecule has 2 heteroatoms. The van der Waals surface area contributed by atoms with Crippen molar-refractivity contribution in [1.29, 1.82) is 0 Å². The highest BCUT2D eigenvalue weighted by atomic mass is 32.2. The van der Waals surface area contributed by atoms with Gasteiger partial charge in [0, 0.05) is 6.21 Å². The molecule has 1 aliphatic heterocycles. The summed E-state index contributed by atoms with van der Waals surface area (Å²) in [5.74, 6) is 0. The van der Waals surface area contributed by atoms with Crippen molar-refractivity contribution in [2.75, 3.05) is 6.26 Å². The average molecular weight is 127 g/mol. The van der Waals surface area contributed by atoms with Gasteiger partial charge in [-0.3, -0.25) is 4.99 Å². The predicted octanol–water partition coefficient (Wildman–Crippen LogP) is 1.71. The zero-order chi connectivity index (χ0) is 5.82. The van der Waals surface area contributed by atoms with Crippen molar-refractivity contribution >= 4 is 18.0 Å². The van der Waals surface area contributed by atoms with E-state index < -0.39 is 0 Å². The molecule has 0 spiro atoms. The molecular weight excluding hydrogens is 118 g/mol. The number of hydrogen-bond acceptors (Lipinski definition) is 2. The molecule has 0 N–H and O–H groups in total. The Morgan fingerprint density at radius 1 is 1.75 bits per heavy atom. The first-order chi connectivity index (χ1) is 3.93. The smallest absolute Gasteiger partial charge is 0.0983 e. The fourth-order valence-corrected chi connectivity index (χ4v) is 1.12. The van der Waals surface area contributed by atoms with Crippen LogP contribution in [-0.2, 0) is 0 Å². The van der Waals surface area contributed by atoms with Crippen LogP contribution in [0, 0.1) is 0 Å². The molecule has 0 aliphatic carbocycles. The van der Waals surface area contributed by atoms with Crippen molar-refractivity contribution in [1.82, 2.24) is 0 Å². The lowest BCUT2D eigenvalue weighted by atomic mass is 10.3. The summed E-state index contributed by atoms with van der Waals surface area (Å²) >= 11 is 1.80. The fourth-order valence-electron chi connectivity index (χ4n) is 0.619. The quantitative estimate of drug-likeness (QED) is 0.522. The Labute approximate surface area is 53.9 Å². The number of rotatable bonds is 1. The minimum Gasteiger partial charge on any atom is -0.279 e. The largest absolute Gasteiger partial charge is 0.279 e. The van der Waals surface area contributed by atoms with Crippen LogP contribution in [0.2, 0.25) is 0 Å². The monoisotopic (exact) mass is 127 g/mol. The zero-order valence-electron chi connectivity index (χ0n) is 4.87. The van der Waals surface area contributed by atoms with E-state index in [0.29, 0.717) is 5.37 Å². The molecule has 1 aliphatic rings. The minimum atomic E-state index is 0.486. The van der Waals surface area contributed by atoms with Crippen LogP contribution in [0.15, 0.2) is 17.1 Å². The van der Waals surface area contributed by atoms with Gasteiger partial charge >= 0.3 is 0 Å². The summed E-state index contributed by atoms with van der Waals surface area (Å²) in [5, 5.41) is 0.486. The average Bonchev–Trinajstić information content (AvgIpc) is 1.90. The molecule has 0 aromatic rings. The maximum Gasteiger partial charge on any atom is 0.0983 e. The van der Waals surface area contributed by atoms with E-state index in [1.165, 1.54) is 0 Å². The molecule has 0 aromatic heterocycles. The van der Waals surface area contributed by atoms with Gasteiger partial charge in [-0.05, 0) is 18.8 Å². The van der Waals surface area contributed by atoms with Crippen LogP contribution < -0.4 is 0 Å². The van der Waals surface area contributed by atoms with Crippen LogP contribution in [0.4, 0.5) is 0 Å². The second-order valence-corrected chi connectivity index (χ2v) is 2.67. The molecule has 8 heavy (non-hydrogen) atoms. The summed E-state index contributed by atoms with van der Waals surface area (Å²) in [4.78, 5) is 4.20. The first-order valence-electron chi connectivity index (χ1n) is 2.64. The van der Waals surface area contributed by atoms with Gasteiger partial charge in [0.2, 0.25) is 0 Å². The summed E-state index contributed by atoms with van der Waals surface area (Å²) in [6.45, 7) is 0. The molecule has 1 nitrogen and oxygen atoms in total. The third kappa shape index (κ3) is 1.37. The van der Waals surface area contributed by atoms with Crippen LogP contribution in [0.3, 0.4) is 0 Å². The molecule has 0 saturated heterocycles. The molecule has 0 aromatic carbocycles. The Kier molecular flexibility index (Phi) is 2.15. The summed E-state index contributed by atoms with van der Waals surface area (Å²) in [6.07, 6.45) is 9.18. The second kappa shape index (κ2) is 2.92. The normalized spacial score (nSPS) is 26.4. The molecule has 44 valence electrons. The third-order valence-electron chi connectivity index (χ3n) is 1.08. The first kappa shape index (κ1) is 5.89. The highest BCUT2D eigenvalue weighted by molar-refractivity contribution is 7.99. The van der Waals surface area contributed by atoms with Gasteiger partial charge in [-0.25, -0.2) is 0 Å². The number of allylic oxidation sites excluding steroid dienone is 1. The highest BCUT2D eigenvalue weighted by Gasteiger charge is 2.00. The summed E-state index contributed by atoms with van der Waals surface area (Å²) in [5.41, 5.74) is 0. The Balaban J connectivity index is 2.40. The van der Waals surface area contributed by atoms with E-state index in [4.69, 9.17) is 0 Å². The van der Waals surface area contributed by atoms with Gasteiger partial charge in [0.25, 0.3) is 0 Å². The van der Waals surface area contributed by atoms with E-state index in [-0.39, 0.29) is 0 Å². The number of nitrogens with zero attached hydrogens (tertiary/aromatic N) is 1. The van der Waals surface area contributed by atoms with E-state index in [9.17, 15) is 0 Å². The molecule has 0 fully saturated rings. The molecule has 1 rings (SSSR count). The predicted molar refractivity (Wildman–Crippen MR) is 39.6 cm³/mol. The standard InChI is InChI=1S/C6H9NS/c1-8-6-4-2-3-5-7-6/h2-3,5-6H,4H2,1H3. The van der Waals surface area contributed by atoms with Gasteiger partial charge in [-0.2, -0.15) is 0 Å². The molecule has 1 heterocycles. The summed E-state index contributed by atoms with van der Waals surface area (Å²) < 4.78 is 0. The Bertz CT molecular complexity index is 118. The lowest BCUT2D eigenvalue weighted by Crippen LogP contribution is -1.98. The van der Waals surface area contributed by atoms with E-state index in [1.807, 2.05) is 12.3 Å². The highest BCUT2D eigenvalue weighted by Crippen LogP contribution is 2.14. The van der Waals surface area contributed by atoms with Crippen molar-refractivity contribution in [3.63, 3.8) is 0 Å². The molecule has 1 unspecified atom stereocenters. The van der Waals surface area contributed by atoms with Gasteiger partial charge in [0.15, 0.2) is 0 Å². The number of aliphatic imine (C=N–C) groups is 1. The second-order valence-electron chi connectivity index (χ2n) is 1.65. The van der Waals surface area contributed by atoms with E-state index in [1.54, 1.807) is 11.8 Å². The Hall–Kier alpha value is -0.240. The molecule has 0 bridgehead atoms. The van der Waals surface area contributed by atoms with Gasteiger partial charge < -0.3 is 0 Å². The van der Waals surface area contributed by atoms with E-state index >= 15 is 0 Å². The van der Waals surface area contributed by atoms with Crippen LogP contribution >= 0.6 is 11.8 Å². The minimum absolute atomic E-state index is 0.486. The Morgan fingerprint density at radius 2 is 2.62 bits per heavy atom. The van der Waals surface area contributed by atoms with Crippen LogP contribution in [-0.4, -0.2) is 17.8 Å². The maximum atomic E-state index is 4.20. The van der Waals surface area contributed by atoms with Crippen molar-refractivity contribution in [3.05, 3.63) is 12.2 Å². The van der Waals surface area contributed by atoms with Gasteiger partial charge in [-0.1, -0.05) is 6.08 Å². The zero-order valence-corrected chi connectivity index (χ0v) is 5.69. The number of thioether (sulfide) groups is 1. The first-order valence-corrected chi connectivity index (χ1v) is 3.93. The third-order valence-corrected chi connectivity index (χ3v) is 1.94. The number of hydrogen-bond donors (Lipinski definition) is 0. The van der Waals surface area contributed by atoms with Gasteiger partial charge in [0.05, 0.1) is 5.37 Å². The van der Waals surface area contributed by atoms with E-state index in [2.05, 4.69) is 17.3 Å². The van der Waals surface area contributed by atoms with Crippen LogP contribution in [0.5, 0.6) is 0 Å². The summed E-state index contributed by atoms with van der Waals surface area (Å²) in [7, 11) is 0. The van der Waals surface area contributed by atoms with Gasteiger partial charge in [-0.15, -0.1) is 11.8 Å². The SMILES string of the molecule is CSC1CC=CC=N1. The molecule has 0 radical (unpaired) electrons. The Morgan fingerprint density at radius 3 is 3.00 bits per heavy atom. The van der Waals surface area contributed by atoms with Crippen molar-refractivity contribution in [2.45, 2.75) is 11.8 Å². The molecule has 1 atom stereocenters. The molecule has 0 saturated carbocycles. The van der Waals surface area contributed by atoms with Crippen LogP contribution in [0.25, 0.3) is 0 Å². The topological polar surface area (TPSA) is 12.4 Å². The van der Waals surface area contributed by atoms with Crippen molar-refractivity contribution in [2.24, 2.45) is 4.99 Å². The molecular formula is C6H9NS. The van der Waals surface area contributed by atoms with Crippen LogP contribution in [0.1, 0.15) is 6.42 Å². The van der Waals surface area contributed by atoms with Crippen molar-refractivity contribution in [3.8, 4) is 0 Å². The lowest BCUT2D eigenvalue weighted by molar-refractivity contribution is 0.933. The van der Waals surface area contributed by atoms with Gasteiger partial charge in [0.1, 0.15) is 0 Å². The lowest BCUT2D eigenvalue weighted by Gasteiger charge is -2.06. The maximum absolute atomic E-state index is 4.20.